The average molecular weight is 218 g/mol. The van der Waals surface area contributed by atoms with Gasteiger partial charge >= 0.3 is 0 Å². The molecule has 16 heavy (non-hydrogen) atoms. The standard InChI is InChI=1S/C14H15FO/c1-14(2,3)12-10-7-5-4-6-9(10)8-11(16)13(12)15/h4-8,16H,1-3H3. The first kappa shape index (κ1) is 10.9. The Morgan fingerprint density at radius 2 is 1.75 bits per heavy atom. The fourth-order valence-electron chi connectivity index (χ4n) is 2.04. The number of rotatable bonds is 0. The van der Waals surface area contributed by atoms with Gasteiger partial charge < -0.3 is 5.11 Å². The van der Waals surface area contributed by atoms with Gasteiger partial charge in [0.05, 0.1) is 0 Å². The lowest BCUT2D eigenvalue weighted by molar-refractivity contribution is 0.419. The van der Waals surface area contributed by atoms with E-state index in [4.69, 9.17) is 0 Å². The van der Waals surface area contributed by atoms with Crippen LogP contribution in [0.25, 0.3) is 10.8 Å². The van der Waals surface area contributed by atoms with Crippen LogP contribution >= 0.6 is 0 Å². The second-order valence-corrected chi connectivity index (χ2v) is 5.06. The molecular formula is C14H15FO. The molecule has 0 heterocycles. The van der Waals surface area contributed by atoms with Crippen LogP contribution in [0.2, 0.25) is 0 Å². The number of aromatic hydroxyl groups is 1. The van der Waals surface area contributed by atoms with E-state index in [-0.39, 0.29) is 11.2 Å². The number of benzene rings is 2. The summed E-state index contributed by atoms with van der Waals surface area (Å²) in [6.45, 7) is 5.83. The number of phenols is 1. The van der Waals surface area contributed by atoms with Crippen LogP contribution in [0.4, 0.5) is 4.39 Å². The zero-order valence-corrected chi connectivity index (χ0v) is 9.71. The Kier molecular flexibility index (Phi) is 2.38. The number of fused-ring (bicyclic) bond motifs is 1. The smallest absolute Gasteiger partial charge is 0.169 e. The van der Waals surface area contributed by atoms with Crippen molar-refractivity contribution in [3.05, 3.63) is 41.7 Å². The van der Waals surface area contributed by atoms with E-state index in [1.807, 2.05) is 45.0 Å². The van der Waals surface area contributed by atoms with Crippen LogP contribution in [-0.2, 0) is 5.41 Å². The van der Waals surface area contributed by atoms with Crippen LogP contribution in [0.5, 0.6) is 5.75 Å². The second kappa shape index (κ2) is 3.48. The van der Waals surface area contributed by atoms with Crippen molar-refractivity contribution < 1.29 is 9.50 Å². The van der Waals surface area contributed by atoms with E-state index in [0.29, 0.717) is 5.56 Å². The van der Waals surface area contributed by atoms with Gasteiger partial charge in [0.25, 0.3) is 0 Å². The molecule has 0 amide bonds. The summed E-state index contributed by atoms with van der Waals surface area (Å²) in [7, 11) is 0. The highest BCUT2D eigenvalue weighted by Gasteiger charge is 2.23. The van der Waals surface area contributed by atoms with Gasteiger partial charge in [-0.3, -0.25) is 0 Å². The van der Waals surface area contributed by atoms with Crippen LogP contribution in [-0.4, -0.2) is 5.11 Å². The van der Waals surface area contributed by atoms with Crippen LogP contribution in [0.15, 0.2) is 30.3 Å². The highest BCUT2D eigenvalue weighted by Crippen LogP contribution is 2.36. The maximum absolute atomic E-state index is 14.0. The maximum atomic E-state index is 14.0. The van der Waals surface area contributed by atoms with Crippen molar-refractivity contribution in [3.8, 4) is 5.75 Å². The molecule has 0 aliphatic carbocycles. The van der Waals surface area contributed by atoms with Gasteiger partial charge in [0.15, 0.2) is 11.6 Å². The third-order valence-electron chi connectivity index (χ3n) is 2.72. The fraction of sp³-hybridized carbons (Fsp3) is 0.286. The van der Waals surface area contributed by atoms with Crippen molar-refractivity contribution in [2.45, 2.75) is 26.2 Å². The molecule has 0 saturated carbocycles. The molecule has 2 rings (SSSR count). The van der Waals surface area contributed by atoms with Crippen LogP contribution in [0, 0.1) is 5.82 Å². The molecule has 0 bridgehead atoms. The molecule has 1 nitrogen and oxygen atoms in total. The Balaban J connectivity index is 2.93. The Morgan fingerprint density at radius 1 is 1.12 bits per heavy atom. The molecule has 0 aliphatic heterocycles. The summed E-state index contributed by atoms with van der Waals surface area (Å²) < 4.78 is 14.0. The summed E-state index contributed by atoms with van der Waals surface area (Å²) in [6, 6.07) is 9.00. The third kappa shape index (κ3) is 1.64. The SMILES string of the molecule is CC(C)(C)c1c(F)c(O)cc2ccccc12. The maximum Gasteiger partial charge on any atom is 0.169 e. The zero-order valence-electron chi connectivity index (χ0n) is 9.71. The molecule has 2 aromatic rings. The van der Waals surface area contributed by atoms with Crippen molar-refractivity contribution in [2.24, 2.45) is 0 Å². The molecule has 0 unspecified atom stereocenters. The number of hydrogen-bond donors (Lipinski definition) is 1. The van der Waals surface area contributed by atoms with Crippen LogP contribution < -0.4 is 0 Å². The Hall–Kier alpha value is -1.57. The van der Waals surface area contributed by atoms with E-state index < -0.39 is 5.82 Å². The minimum absolute atomic E-state index is 0.274. The minimum atomic E-state index is -0.508. The summed E-state index contributed by atoms with van der Waals surface area (Å²) in [4.78, 5) is 0. The van der Waals surface area contributed by atoms with Crippen molar-refractivity contribution in [1.29, 1.82) is 0 Å². The van der Waals surface area contributed by atoms with Gasteiger partial charge in [-0.15, -0.1) is 0 Å². The molecular weight excluding hydrogens is 203 g/mol. The second-order valence-electron chi connectivity index (χ2n) is 5.06. The third-order valence-corrected chi connectivity index (χ3v) is 2.72. The number of phenolic OH excluding ortho intramolecular Hbond substituents is 1. The van der Waals surface area contributed by atoms with E-state index in [1.165, 1.54) is 6.07 Å². The molecule has 1 N–H and O–H groups in total. The monoisotopic (exact) mass is 218 g/mol. The fourth-order valence-corrected chi connectivity index (χ4v) is 2.04. The first-order chi connectivity index (χ1) is 7.41. The summed E-state index contributed by atoms with van der Waals surface area (Å²) in [5, 5.41) is 11.3. The van der Waals surface area contributed by atoms with Gasteiger partial charge in [-0.2, -0.15) is 0 Å². The van der Waals surface area contributed by atoms with E-state index in [9.17, 15) is 9.50 Å². The summed E-state index contributed by atoms with van der Waals surface area (Å²) in [5.41, 5.74) is 0.241. The first-order valence-corrected chi connectivity index (χ1v) is 5.32. The van der Waals surface area contributed by atoms with Crippen molar-refractivity contribution in [2.75, 3.05) is 0 Å². The summed E-state index contributed by atoms with van der Waals surface area (Å²) in [6.07, 6.45) is 0. The zero-order chi connectivity index (χ0) is 11.9. The predicted molar refractivity (Wildman–Crippen MR) is 64.3 cm³/mol. The van der Waals surface area contributed by atoms with Crippen molar-refractivity contribution >= 4 is 10.8 Å². The Bertz CT molecular complexity index is 538. The van der Waals surface area contributed by atoms with E-state index >= 15 is 0 Å². The molecule has 0 atom stereocenters. The van der Waals surface area contributed by atoms with Gasteiger partial charge in [-0.05, 0) is 22.3 Å². The van der Waals surface area contributed by atoms with Crippen LogP contribution in [0.1, 0.15) is 26.3 Å². The molecule has 2 heteroatoms. The van der Waals surface area contributed by atoms with Crippen molar-refractivity contribution in [1.82, 2.24) is 0 Å². The summed E-state index contributed by atoms with van der Waals surface area (Å²) in [5.74, 6) is -0.783. The van der Waals surface area contributed by atoms with Crippen LogP contribution in [0.3, 0.4) is 0 Å². The van der Waals surface area contributed by atoms with E-state index in [1.54, 1.807) is 0 Å². The predicted octanol–water partition coefficient (Wildman–Crippen LogP) is 3.98. The van der Waals surface area contributed by atoms with Gasteiger partial charge in [-0.25, -0.2) is 4.39 Å². The van der Waals surface area contributed by atoms with Gasteiger partial charge in [0.2, 0.25) is 0 Å². The van der Waals surface area contributed by atoms with Gasteiger partial charge in [-0.1, -0.05) is 45.0 Å². The lowest BCUT2D eigenvalue weighted by Crippen LogP contribution is -2.14. The lowest BCUT2D eigenvalue weighted by Gasteiger charge is -2.22. The Morgan fingerprint density at radius 3 is 2.38 bits per heavy atom. The molecule has 2 aromatic carbocycles. The Labute approximate surface area is 94.5 Å². The molecule has 0 fully saturated rings. The first-order valence-electron chi connectivity index (χ1n) is 5.32. The normalized spacial score (nSPS) is 12.0. The van der Waals surface area contributed by atoms with Gasteiger partial charge in [0, 0.05) is 5.56 Å². The largest absolute Gasteiger partial charge is 0.505 e. The minimum Gasteiger partial charge on any atom is -0.505 e. The highest BCUT2D eigenvalue weighted by molar-refractivity contribution is 5.88. The molecule has 0 aliphatic rings. The molecule has 0 spiro atoms. The molecule has 0 saturated heterocycles. The molecule has 84 valence electrons. The van der Waals surface area contributed by atoms with E-state index in [0.717, 1.165) is 10.8 Å². The molecule has 0 aromatic heterocycles. The lowest BCUT2D eigenvalue weighted by atomic mass is 9.83. The van der Waals surface area contributed by atoms with Gasteiger partial charge in [0.1, 0.15) is 0 Å². The quantitative estimate of drug-likeness (QED) is 0.709. The molecule has 0 radical (unpaired) electrons. The van der Waals surface area contributed by atoms with Crippen molar-refractivity contribution in [3.63, 3.8) is 0 Å². The number of halogens is 1. The summed E-state index contributed by atoms with van der Waals surface area (Å²) >= 11 is 0. The number of hydrogen-bond acceptors (Lipinski definition) is 1. The topological polar surface area (TPSA) is 20.2 Å². The van der Waals surface area contributed by atoms with E-state index in [2.05, 4.69) is 0 Å². The highest BCUT2D eigenvalue weighted by atomic mass is 19.1. The average Bonchev–Trinajstić information content (AvgIpc) is 2.17.